The van der Waals surface area contributed by atoms with Crippen molar-refractivity contribution in [2.45, 2.75) is 38.0 Å². The largest absolute Gasteiger partial charge is 0.367 e. The molecule has 0 bridgehead atoms. The van der Waals surface area contributed by atoms with Crippen molar-refractivity contribution in [3.05, 3.63) is 65.1 Å². The van der Waals surface area contributed by atoms with Crippen LogP contribution in [0, 0.1) is 12.7 Å². The Morgan fingerprint density at radius 1 is 1.21 bits per heavy atom. The molecule has 2 heterocycles. The summed E-state index contributed by atoms with van der Waals surface area (Å²) in [6, 6.07) is 11.8. The van der Waals surface area contributed by atoms with E-state index < -0.39 is 17.3 Å². The summed E-state index contributed by atoms with van der Waals surface area (Å²) < 4.78 is 30.4. The minimum absolute atomic E-state index is 0.0481. The lowest BCUT2D eigenvalue weighted by molar-refractivity contribution is -0.0507. The van der Waals surface area contributed by atoms with Crippen molar-refractivity contribution in [1.29, 1.82) is 0 Å². The smallest absolute Gasteiger partial charge is 0.169 e. The number of benzene rings is 2. The Kier molecular flexibility index (Phi) is 5.24. The average Bonchev–Trinajstić information content (AvgIpc) is 2.95. The molecule has 0 aliphatic carbocycles. The number of aromatic nitrogens is 1. The number of rotatable bonds is 5. The van der Waals surface area contributed by atoms with Crippen LogP contribution in [-0.2, 0) is 17.5 Å². The van der Waals surface area contributed by atoms with Gasteiger partial charge in [0.05, 0.1) is 18.0 Å². The van der Waals surface area contributed by atoms with Crippen LogP contribution in [0.5, 0.6) is 0 Å². The van der Waals surface area contributed by atoms with Crippen LogP contribution in [0.4, 0.5) is 4.39 Å². The van der Waals surface area contributed by atoms with Crippen molar-refractivity contribution in [3.8, 4) is 0 Å². The fourth-order valence-electron chi connectivity index (χ4n) is 3.79. The summed E-state index contributed by atoms with van der Waals surface area (Å²) in [7, 11) is -1.41. The Morgan fingerprint density at radius 2 is 1.97 bits per heavy atom. The van der Waals surface area contributed by atoms with E-state index in [-0.39, 0.29) is 12.4 Å². The minimum Gasteiger partial charge on any atom is -0.367 e. The predicted octanol–water partition coefficient (Wildman–Crippen LogP) is 2.90. The predicted molar refractivity (Wildman–Crippen MR) is 110 cm³/mol. The normalized spacial score (nSPS) is 16.4. The first-order valence-corrected chi connectivity index (χ1v) is 10.5. The molecule has 0 fully saturated rings. The Bertz CT molecular complexity index is 1140. The van der Waals surface area contributed by atoms with E-state index in [0.29, 0.717) is 33.6 Å². The number of aliphatic hydroxyl groups excluding tert-OH is 1. The van der Waals surface area contributed by atoms with E-state index in [1.54, 1.807) is 15.0 Å². The van der Waals surface area contributed by atoms with E-state index in [0.717, 1.165) is 17.7 Å². The minimum atomic E-state index is -1.55. The van der Waals surface area contributed by atoms with Gasteiger partial charge < -0.3 is 14.8 Å². The molecule has 3 aromatic rings. The Labute approximate surface area is 170 Å². The van der Waals surface area contributed by atoms with Crippen LogP contribution in [-0.4, -0.2) is 41.9 Å². The molecule has 152 valence electrons. The molecule has 4 rings (SSSR count). The zero-order valence-corrected chi connectivity index (χ0v) is 17.0. The number of hydrogen-bond acceptors (Lipinski definition) is 4. The van der Waals surface area contributed by atoms with Gasteiger partial charge in [-0.05, 0) is 37.6 Å². The zero-order valence-electron chi connectivity index (χ0n) is 16.2. The van der Waals surface area contributed by atoms with E-state index in [2.05, 4.69) is 5.10 Å². The van der Waals surface area contributed by atoms with E-state index in [1.165, 1.54) is 12.1 Å². The highest BCUT2D eigenvalue weighted by molar-refractivity contribution is 7.82. The fourth-order valence-corrected chi connectivity index (χ4v) is 5.07. The second-order valence-corrected chi connectivity index (χ2v) is 8.34. The van der Waals surface area contributed by atoms with Gasteiger partial charge in [0.15, 0.2) is 17.3 Å². The molecule has 1 aliphatic heterocycles. The lowest BCUT2D eigenvalue weighted by atomic mass is 9.99. The Morgan fingerprint density at radius 3 is 2.69 bits per heavy atom. The highest BCUT2D eigenvalue weighted by Gasteiger charge is 2.29. The molecular formula is C21H22FN3O3S. The third-order valence-electron chi connectivity index (χ3n) is 5.02. The van der Waals surface area contributed by atoms with Crippen LogP contribution in [0.15, 0.2) is 52.5 Å². The fraction of sp³-hybridized carbons (Fsp3) is 0.286. The molecule has 29 heavy (non-hydrogen) atoms. The maximum atomic E-state index is 14.1. The van der Waals surface area contributed by atoms with Crippen molar-refractivity contribution in [3.63, 3.8) is 0 Å². The maximum absolute atomic E-state index is 14.1. The Balaban J connectivity index is 2.02. The van der Waals surface area contributed by atoms with Crippen LogP contribution in [0.25, 0.3) is 10.9 Å². The number of aliphatic hydroxyl groups is 2. The monoisotopic (exact) mass is 415 g/mol. The van der Waals surface area contributed by atoms with E-state index >= 15 is 0 Å². The van der Waals surface area contributed by atoms with Gasteiger partial charge in [-0.1, -0.05) is 25.1 Å². The van der Waals surface area contributed by atoms with Gasteiger partial charge in [-0.15, -0.1) is 0 Å². The maximum Gasteiger partial charge on any atom is 0.169 e. The van der Waals surface area contributed by atoms with E-state index in [1.807, 2.05) is 38.1 Å². The van der Waals surface area contributed by atoms with Crippen molar-refractivity contribution < 1.29 is 18.8 Å². The molecule has 0 amide bonds. The molecule has 1 unspecified atom stereocenters. The van der Waals surface area contributed by atoms with Crippen LogP contribution in [0.2, 0.25) is 0 Å². The second-order valence-electron chi connectivity index (χ2n) is 6.98. The van der Waals surface area contributed by atoms with Crippen LogP contribution < -0.4 is 0 Å². The summed E-state index contributed by atoms with van der Waals surface area (Å²) in [6.45, 7) is 4.30. The van der Waals surface area contributed by atoms with Gasteiger partial charge >= 0.3 is 0 Å². The molecule has 6 nitrogen and oxygen atoms in total. The van der Waals surface area contributed by atoms with Gasteiger partial charge in [-0.3, -0.25) is 0 Å². The average molecular weight is 415 g/mol. The van der Waals surface area contributed by atoms with Crippen LogP contribution in [0.1, 0.15) is 30.2 Å². The Hall–Kier alpha value is -2.55. The molecule has 0 radical (unpaired) electrons. The summed E-state index contributed by atoms with van der Waals surface area (Å²) in [6.07, 6.45) is -0.775. The topological polar surface area (TPSA) is 78.1 Å². The molecule has 0 saturated carbocycles. The first kappa shape index (κ1) is 19.8. The third-order valence-corrected chi connectivity index (χ3v) is 6.40. The molecule has 1 atom stereocenters. The summed E-state index contributed by atoms with van der Waals surface area (Å²) in [5, 5.41) is 24.4. The lowest BCUT2D eigenvalue weighted by Gasteiger charge is -2.26. The summed E-state index contributed by atoms with van der Waals surface area (Å²) in [4.78, 5) is 0.657. The molecule has 2 N–H and O–H groups in total. The first-order valence-electron chi connectivity index (χ1n) is 9.44. The molecule has 8 heteroatoms. The van der Waals surface area contributed by atoms with E-state index in [9.17, 15) is 18.8 Å². The van der Waals surface area contributed by atoms with Crippen molar-refractivity contribution in [2.75, 3.05) is 6.54 Å². The quantitative estimate of drug-likeness (QED) is 0.629. The van der Waals surface area contributed by atoms with Crippen LogP contribution in [0.3, 0.4) is 0 Å². The molecule has 1 aromatic heterocycles. The third kappa shape index (κ3) is 3.37. The molecule has 1 aliphatic rings. The number of fused-ring (bicyclic) bond motifs is 2. The molecule has 0 spiro atoms. The van der Waals surface area contributed by atoms with Gasteiger partial charge in [0.25, 0.3) is 0 Å². The van der Waals surface area contributed by atoms with Crippen molar-refractivity contribution in [1.82, 2.24) is 8.98 Å². The van der Waals surface area contributed by atoms with Gasteiger partial charge in [-0.25, -0.2) is 13.0 Å². The molecular weight excluding hydrogens is 393 g/mol. The summed E-state index contributed by atoms with van der Waals surface area (Å²) >= 11 is 0. The number of hydrazone groups is 1. The standard InChI is InChI=1S/C21H22FN3O3S/c1-3-10-25-23-21(15-6-4-5-7-18(15)29(25)28)20-13(2)24(12-19(26)27)17-9-8-14(22)11-16(17)20/h4-9,11,19,26-27H,3,10,12H2,1-2H3. The van der Waals surface area contributed by atoms with Crippen molar-refractivity contribution >= 4 is 27.6 Å². The SMILES string of the molecule is CCCN1N=C(c2c(C)n(CC(O)O)c3ccc(F)cc23)c2ccccc2S1=O. The number of halogens is 1. The highest BCUT2D eigenvalue weighted by Crippen LogP contribution is 2.33. The second kappa shape index (κ2) is 7.70. The van der Waals surface area contributed by atoms with E-state index in [4.69, 9.17) is 0 Å². The summed E-state index contributed by atoms with van der Waals surface area (Å²) in [5.74, 6) is -0.390. The van der Waals surface area contributed by atoms with Gasteiger partial charge in [0.2, 0.25) is 0 Å². The summed E-state index contributed by atoms with van der Waals surface area (Å²) in [5.41, 5.74) is 3.45. The van der Waals surface area contributed by atoms with Gasteiger partial charge in [0.1, 0.15) is 11.5 Å². The van der Waals surface area contributed by atoms with Gasteiger partial charge in [0, 0.05) is 27.7 Å². The number of nitrogens with zero attached hydrogens (tertiary/aromatic N) is 3. The van der Waals surface area contributed by atoms with Crippen LogP contribution >= 0.6 is 0 Å². The lowest BCUT2D eigenvalue weighted by Crippen LogP contribution is -2.30. The van der Waals surface area contributed by atoms with Crippen molar-refractivity contribution in [2.24, 2.45) is 5.10 Å². The number of hydrogen-bond donors (Lipinski definition) is 2. The molecule has 0 saturated heterocycles. The van der Waals surface area contributed by atoms with Gasteiger partial charge in [-0.2, -0.15) is 5.10 Å². The highest BCUT2D eigenvalue weighted by atomic mass is 32.2. The molecule has 2 aromatic carbocycles. The first-order chi connectivity index (χ1) is 13.9. The zero-order chi connectivity index (χ0) is 20.7.